The van der Waals surface area contributed by atoms with Crippen LogP contribution in [0, 0.1) is 11.7 Å². The van der Waals surface area contributed by atoms with E-state index in [-0.39, 0.29) is 23.5 Å². The standard InChI is InChI=1S/C16H21FN4O2/c17-13-3-1-2-4-14(13)19-16(23)21-9-12(10-21)20-7-5-11(6-8-20)15(18)22/h1-4,11-12H,5-10H2,(H2,18,22)(H,19,23). The summed E-state index contributed by atoms with van der Waals surface area (Å²) in [5.74, 6) is -0.678. The number of urea groups is 1. The highest BCUT2D eigenvalue weighted by Gasteiger charge is 2.37. The van der Waals surface area contributed by atoms with E-state index in [0.29, 0.717) is 19.1 Å². The summed E-state index contributed by atoms with van der Waals surface area (Å²) >= 11 is 0. The summed E-state index contributed by atoms with van der Waals surface area (Å²) in [6.45, 7) is 2.92. The third-order valence-corrected chi connectivity index (χ3v) is 4.71. The predicted octanol–water partition coefficient (Wildman–Crippen LogP) is 1.24. The van der Waals surface area contributed by atoms with Crippen molar-refractivity contribution in [3.8, 4) is 0 Å². The molecule has 124 valence electrons. The molecule has 0 spiro atoms. The van der Waals surface area contributed by atoms with E-state index < -0.39 is 5.82 Å². The number of likely N-dealkylation sites (tertiary alicyclic amines) is 2. The molecule has 2 fully saturated rings. The molecule has 7 heteroatoms. The molecule has 0 unspecified atom stereocenters. The van der Waals surface area contributed by atoms with Gasteiger partial charge < -0.3 is 16.0 Å². The molecule has 3 N–H and O–H groups in total. The Balaban J connectivity index is 1.45. The molecule has 0 aliphatic carbocycles. The first kappa shape index (κ1) is 15.7. The number of benzene rings is 1. The maximum atomic E-state index is 13.5. The molecule has 0 bridgehead atoms. The second-order valence-electron chi connectivity index (χ2n) is 6.18. The minimum absolute atomic E-state index is 0.0215. The van der Waals surface area contributed by atoms with Crippen molar-refractivity contribution < 1.29 is 14.0 Å². The first-order valence-corrected chi connectivity index (χ1v) is 7.88. The van der Waals surface area contributed by atoms with Crippen molar-refractivity contribution in [1.82, 2.24) is 9.80 Å². The highest BCUT2D eigenvalue weighted by molar-refractivity contribution is 5.90. The summed E-state index contributed by atoms with van der Waals surface area (Å²) in [6, 6.07) is 6.16. The van der Waals surface area contributed by atoms with Crippen molar-refractivity contribution >= 4 is 17.6 Å². The Morgan fingerprint density at radius 3 is 2.43 bits per heavy atom. The lowest BCUT2D eigenvalue weighted by molar-refractivity contribution is -0.123. The zero-order chi connectivity index (χ0) is 16.4. The maximum absolute atomic E-state index is 13.5. The Bertz CT molecular complexity index is 595. The van der Waals surface area contributed by atoms with Gasteiger partial charge in [0.15, 0.2) is 0 Å². The Morgan fingerprint density at radius 2 is 1.83 bits per heavy atom. The van der Waals surface area contributed by atoms with Gasteiger partial charge in [0.05, 0.1) is 5.69 Å². The van der Waals surface area contributed by atoms with E-state index in [4.69, 9.17) is 5.73 Å². The molecule has 0 saturated carbocycles. The predicted molar refractivity (Wildman–Crippen MR) is 84.3 cm³/mol. The van der Waals surface area contributed by atoms with E-state index in [9.17, 15) is 14.0 Å². The summed E-state index contributed by atoms with van der Waals surface area (Å²) in [5, 5.41) is 2.59. The van der Waals surface area contributed by atoms with Gasteiger partial charge in [-0.05, 0) is 38.1 Å². The fourth-order valence-electron chi connectivity index (χ4n) is 3.16. The van der Waals surface area contributed by atoms with Crippen LogP contribution < -0.4 is 11.1 Å². The second-order valence-corrected chi connectivity index (χ2v) is 6.18. The molecule has 2 aliphatic rings. The zero-order valence-electron chi connectivity index (χ0n) is 12.9. The Morgan fingerprint density at radius 1 is 1.17 bits per heavy atom. The van der Waals surface area contributed by atoms with Crippen molar-refractivity contribution in [3.05, 3.63) is 30.1 Å². The minimum atomic E-state index is -0.438. The van der Waals surface area contributed by atoms with Crippen LogP contribution in [-0.4, -0.2) is 54.0 Å². The van der Waals surface area contributed by atoms with Gasteiger partial charge in [0, 0.05) is 25.0 Å². The van der Waals surface area contributed by atoms with Crippen LogP contribution in [0.1, 0.15) is 12.8 Å². The monoisotopic (exact) mass is 320 g/mol. The molecule has 23 heavy (non-hydrogen) atoms. The number of rotatable bonds is 3. The topological polar surface area (TPSA) is 78.7 Å². The third-order valence-electron chi connectivity index (χ3n) is 4.71. The highest BCUT2D eigenvalue weighted by Crippen LogP contribution is 2.24. The van der Waals surface area contributed by atoms with Crippen molar-refractivity contribution in [2.45, 2.75) is 18.9 Å². The van der Waals surface area contributed by atoms with Gasteiger partial charge in [-0.25, -0.2) is 9.18 Å². The minimum Gasteiger partial charge on any atom is -0.369 e. The number of halogens is 1. The summed E-state index contributed by atoms with van der Waals surface area (Å²) in [7, 11) is 0. The SMILES string of the molecule is NC(=O)C1CCN(C2CN(C(=O)Nc3ccccc3F)C2)CC1. The largest absolute Gasteiger partial charge is 0.369 e. The van der Waals surface area contributed by atoms with E-state index in [2.05, 4.69) is 10.2 Å². The molecule has 0 radical (unpaired) electrons. The van der Waals surface area contributed by atoms with E-state index in [1.807, 2.05) is 0 Å². The van der Waals surface area contributed by atoms with Gasteiger partial charge in [0.1, 0.15) is 5.82 Å². The lowest BCUT2D eigenvalue weighted by Gasteiger charge is -2.47. The number of para-hydroxylation sites is 1. The molecule has 1 aromatic carbocycles. The number of nitrogens with one attached hydrogen (secondary N) is 1. The molecule has 3 amide bonds. The normalized spacial score (nSPS) is 20.1. The van der Waals surface area contributed by atoms with Crippen molar-refractivity contribution in [1.29, 1.82) is 0 Å². The zero-order valence-corrected chi connectivity index (χ0v) is 12.9. The number of primary amides is 1. The lowest BCUT2D eigenvalue weighted by Crippen LogP contribution is -2.63. The van der Waals surface area contributed by atoms with E-state index in [0.717, 1.165) is 25.9 Å². The third kappa shape index (κ3) is 3.44. The molecule has 1 aromatic rings. The number of piperidine rings is 1. The molecule has 0 atom stereocenters. The molecular weight excluding hydrogens is 299 g/mol. The number of anilines is 1. The van der Waals surface area contributed by atoms with Crippen LogP contribution >= 0.6 is 0 Å². The number of carbonyl (C=O) groups excluding carboxylic acids is 2. The highest BCUT2D eigenvalue weighted by atomic mass is 19.1. The number of carbonyl (C=O) groups is 2. The van der Waals surface area contributed by atoms with Gasteiger partial charge in [-0.1, -0.05) is 12.1 Å². The first-order valence-electron chi connectivity index (χ1n) is 7.88. The molecular formula is C16H21FN4O2. The van der Waals surface area contributed by atoms with E-state index >= 15 is 0 Å². The quantitative estimate of drug-likeness (QED) is 0.879. The molecule has 2 saturated heterocycles. The van der Waals surface area contributed by atoms with Crippen LogP contribution in [0.5, 0.6) is 0 Å². The van der Waals surface area contributed by atoms with Crippen LogP contribution in [0.4, 0.5) is 14.9 Å². The fraction of sp³-hybridized carbons (Fsp3) is 0.500. The molecule has 3 rings (SSSR count). The maximum Gasteiger partial charge on any atom is 0.322 e. The van der Waals surface area contributed by atoms with Crippen LogP contribution in [0.3, 0.4) is 0 Å². The number of hydrogen-bond donors (Lipinski definition) is 2. The average Bonchev–Trinajstić information content (AvgIpc) is 2.48. The van der Waals surface area contributed by atoms with Gasteiger partial charge in [0.25, 0.3) is 0 Å². The Labute approximate surface area is 134 Å². The number of hydrogen-bond acceptors (Lipinski definition) is 3. The average molecular weight is 320 g/mol. The summed E-state index contributed by atoms with van der Waals surface area (Å²) < 4.78 is 13.5. The summed E-state index contributed by atoms with van der Waals surface area (Å²) in [6.07, 6.45) is 1.57. The van der Waals surface area contributed by atoms with Gasteiger partial charge in [-0.15, -0.1) is 0 Å². The van der Waals surface area contributed by atoms with Crippen LogP contribution in [0.25, 0.3) is 0 Å². The van der Waals surface area contributed by atoms with Crippen LogP contribution in [0.2, 0.25) is 0 Å². The Hall–Kier alpha value is -2.15. The van der Waals surface area contributed by atoms with Crippen LogP contribution in [-0.2, 0) is 4.79 Å². The lowest BCUT2D eigenvalue weighted by atomic mass is 9.94. The van der Waals surface area contributed by atoms with Crippen molar-refractivity contribution in [3.63, 3.8) is 0 Å². The van der Waals surface area contributed by atoms with E-state index in [1.54, 1.807) is 23.1 Å². The molecule has 2 heterocycles. The van der Waals surface area contributed by atoms with Crippen LogP contribution in [0.15, 0.2) is 24.3 Å². The number of amides is 3. The van der Waals surface area contributed by atoms with Crippen molar-refractivity contribution in [2.24, 2.45) is 11.7 Å². The van der Waals surface area contributed by atoms with Gasteiger partial charge in [-0.2, -0.15) is 0 Å². The van der Waals surface area contributed by atoms with Gasteiger partial charge in [-0.3, -0.25) is 9.69 Å². The first-order chi connectivity index (χ1) is 11.0. The second kappa shape index (κ2) is 6.54. The summed E-state index contributed by atoms with van der Waals surface area (Å²) in [5.41, 5.74) is 5.53. The smallest absolute Gasteiger partial charge is 0.322 e. The van der Waals surface area contributed by atoms with Gasteiger partial charge in [0.2, 0.25) is 5.91 Å². The molecule has 6 nitrogen and oxygen atoms in total. The Kier molecular flexibility index (Phi) is 4.47. The number of nitrogens with zero attached hydrogens (tertiary/aromatic N) is 2. The van der Waals surface area contributed by atoms with Gasteiger partial charge >= 0.3 is 6.03 Å². The molecule has 0 aromatic heterocycles. The van der Waals surface area contributed by atoms with E-state index in [1.165, 1.54) is 6.07 Å². The number of nitrogens with two attached hydrogens (primary N) is 1. The van der Waals surface area contributed by atoms with Crippen molar-refractivity contribution in [2.75, 3.05) is 31.5 Å². The summed E-state index contributed by atoms with van der Waals surface area (Å²) in [4.78, 5) is 27.2. The molecule has 2 aliphatic heterocycles. The fourth-order valence-corrected chi connectivity index (χ4v) is 3.16.